The lowest BCUT2D eigenvalue weighted by Crippen LogP contribution is -2.20. The van der Waals surface area contributed by atoms with E-state index in [4.69, 9.17) is 26.8 Å². The molecule has 0 saturated heterocycles. The van der Waals surface area contributed by atoms with Gasteiger partial charge in [-0.05, 0) is 30.3 Å². The first-order valence-corrected chi connectivity index (χ1v) is 9.40. The van der Waals surface area contributed by atoms with Crippen LogP contribution in [-0.4, -0.2) is 37.2 Å². The second-order valence-corrected chi connectivity index (χ2v) is 7.17. The maximum atomic E-state index is 12.6. The van der Waals surface area contributed by atoms with Gasteiger partial charge in [-0.15, -0.1) is 11.8 Å². The molecule has 2 aromatic carbocycles. The molecular weight excluding hydrogens is 406 g/mol. The fourth-order valence-corrected chi connectivity index (χ4v) is 3.55. The van der Waals surface area contributed by atoms with Crippen molar-refractivity contribution < 1.29 is 23.9 Å². The number of ether oxygens (including phenoxy) is 2. The number of nitrogens with two attached hydrogens (primary N) is 1. The van der Waals surface area contributed by atoms with Gasteiger partial charge in [0.2, 0.25) is 5.91 Å². The molecule has 1 aliphatic rings. The topological polar surface area (TPSA) is 120 Å². The lowest BCUT2D eigenvalue weighted by atomic mass is 10.1. The summed E-state index contributed by atoms with van der Waals surface area (Å²) in [6, 6.07) is 8.08. The lowest BCUT2D eigenvalue weighted by molar-refractivity contribution is -0.120. The summed E-state index contributed by atoms with van der Waals surface area (Å²) in [6.45, 7) is -0.375. The first-order chi connectivity index (χ1) is 13.4. The maximum Gasteiger partial charge on any atom is 0.255 e. The Morgan fingerprint density at radius 1 is 1.32 bits per heavy atom. The van der Waals surface area contributed by atoms with E-state index in [1.54, 1.807) is 12.1 Å². The van der Waals surface area contributed by atoms with Crippen LogP contribution in [0.2, 0.25) is 5.02 Å². The van der Waals surface area contributed by atoms with E-state index >= 15 is 0 Å². The van der Waals surface area contributed by atoms with Gasteiger partial charge in [0.05, 0.1) is 23.6 Å². The molecule has 8 nitrogen and oxygen atoms in total. The van der Waals surface area contributed by atoms with E-state index in [0.717, 1.165) is 4.90 Å². The van der Waals surface area contributed by atoms with Gasteiger partial charge in [0.25, 0.3) is 11.8 Å². The van der Waals surface area contributed by atoms with Crippen LogP contribution < -0.4 is 25.8 Å². The second kappa shape index (κ2) is 8.41. The van der Waals surface area contributed by atoms with Crippen LogP contribution in [0, 0.1) is 0 Å². The number of halogens is 1. The number of thioether (sulfide) groups is 1. The van der Waals surface area contributed by atoms with Crippen LogP contribution in [0.3, 0.4) is 0 Å². The highest BCUT2D eigenvalue weighted by molar-refractivity contribution is 8.00. The lowest BCUT2D eigenvalue weighted by Gasteiger charge is -2.17. The first-order valence-electron chi connectivity index (χ1n) is 8.04. The Morgan fingerprint density at radius 3 is 2.82 bits per heavy atom. The Morgan fingerprint density at radius 2 is 2.11 bits per heavy atom. The number of hydrogen-bond acceptors (Lipinski definition) is 6. The zero-order valence-electron chi connectivity index (χ0n) is 14.7. The molecule has 1 aliphatic heterocycles. The van der Waals surface area contributed by atoms with Crippen LogP contribution in [0.15, 0.2) is 35.2 Å². The number of fused-ring (bicyclic) bond motifs is 1. The van der Waals surface area contributed by atoms with Crippen molar-refractivity contribution in [3.63, 3.8) is 0 Å². The highest BCUT2D eigenvalue weighted by Gasteiger charge is 2.19. The van der Waals surface area contributed by atoms with Crippen LogP contribution in [0.5, 0.6) is 11.5 Å². The standard InChI is InChI=1S/C18H16ClN3O5S/c1-26-13-5-9(4-11(19)17(13)27-7-15(20)23)18(25)21-10-2-3-14-12(6-10)22-16(24)8-28-14/h2-6H,7-8H2,1H3,(H2,20,23)(H,21,25)(H,22,24). The molecule has 0 aromatic heterocycles. The van der Waals surface area contributed by atoms with Crippen molar-refractivity contribution in [3.8, 4) is 11.5 Å². The van der Waals surface area contributed by atoms with Gasteiger partial charge in [-0.1, -0.05) is 11.6 Å². The molecule has 0 spiro atoms. The summed E-state index contributed by atoms with van der Waals surface area (Å²) in [5.74, 6) is -0.527. The van der Waals surface area contributed by atoms with Crippen molar-refractivity contribution in [1.82, 2.24) is 0 Å². The molecule has 0 atom stereocenters. The molecule has 146 valence electrons. The fraction of sp³-hybridized carbons (Fsp3) is 0.167. The number of carbonyl (C=O) groups is 3. The molecule has 3 amide bonds. The number of rotatable bonds is 6. The molecule has 0 aliphatic carbocycles. The van der Waals surface area contributed by atoms with Crippen LogP contribution in [-0.2, 0) is 9.59 Å². The van der Waals surface area contributed by atoms with Gasteiger partial charge < -0.3 is 25.8 Å². The second-order valence-electron chi connectivity index (χ2n) is 5.75. The molecule has 1 heterocycles. The minimum absolute atomic E-state index is 0.0935. The molecule has 0 saturated carbocycles. The molecule has 0 unspecified atom stereocenters. The molecule has 2 aromatic rings. The third-order valence-corrected chi connectivity index (χ3v) is 5.07. The fourth-order valence-electron chi connectivity index (χ4n) is 2.50. The number of methoxy groups -OCH3 is 1. The van der Waals surface area contributed by atoms with Crippen LogP contribution in [0.4, 0.5) is 11.4 Å². The molecule has 0 bridgehead atoms. The van der Waals surface area contributed by atoms with Gasteiger partial charge in [-0.2, -0.15) is 0 Å². The van der Waals surface area contributed by atoms with Gasteiger partial charge in [-0.25, -0.2) is 0 Å². The SMILES string of the molecule is COc1cc(C(=O)Nc2ccc3c(c2)NC(=O)CS3)cc(Cl)c1OCC(N)=O. The molecule has 3 rings (SSSR count). The van der Waals surface area contributed by atoms with Crippen molar-refractivity contribution in [2.75, 3.05) is 30.1 Å². The van der Waals surface area contributed by atoms with E-state index in [9.17, 15) is 14.4 Å². The summed E-state index contributed by atoms with van der Waals surface area (Å²) in [5, 5.41) is 5.60. The van der Waals surface area contributed by atoms with E-state index in [2.05, 4.69) is 10.6 Å². The van der Waals surface area contributed by atoms with Crippen molar-refractivity contribution in [3.05, 3.63) is 40.9 Å². The minimum Gasteiger partial charge on any atom is -0.493 e. The van der Waals surface area contributed by atoms with Crippen molar-refractivity contribution in [2.45, 2.75) is 4.90 Å². The van der Waals surface area contributed by atoms with E-state index in [-0.39, 0.29) is 34.6 Å². The highest BCUT2D eigenvalue weighted by Crippen LogP contribution is 2.37. The number of primary amides is 1. The van der Waals surface area contributed by atoms with Gasteiger partial charge >= 0.3 is 0 Å². The Hall–Kier alpha value is -2.91. The number of amides is 3. The van der Waals surface area contributed by atoms with Crippen molar-refractivity contribution >= 4 is 52.5 Å². The molecular formula is C18H16ClN3O5S. The summed E-state index contributed by atoms with van der Waals surface area (Å²) >= 11 is 7.60. The summed E-state index contributed by atoms with van der Waals surface area (Å²) in [6.07, 6.45) is 0. The number of anilines is 2. The Bertz CT molecular complexity index is 966. The smallest absolute Gasteiger partial charge is 0.255 e. The monoisotopic (exact) mass is 421 g/mol. The summed E-state index contributed by atoms with van der Waals surface area (Å²) in [4.78, 5) is 36.0. The van der Waals surface area contributed by atoms with Gasteiger partial charge in [-0.3, -0.25) is 14.4 Å². The predicted octanol–water partition coefficient (Wildman–Crippen LogP) is 2.51. The Labute approximate surface area is 169 Å². The molecule has 4 N–H and O–H groups in total. The van der Waals surface area contributed by atoms with E-state index in [0.29, 0.717) is 17.1 Å². The summed E-state index contributed by atoms with van der Waals surface area (Å²) < 4.78 is 10.4. The zero-order chi connectivity index (χ0) is 20.3. The summed E-state index contributed by atoms with van der Waals surface area (Å²) in [5.41, 5.74) is 6.44. The van der Waals surface area contributed by atoms with Crippen LogP contribution in [0.25, 0.3) is 0 Å². The van der Waals surface area contributed by atoms with E-state index < -0.39 is 11.8 Å². The van der Waals surface area contributed by atoms with Crippen molar-refractivity contribution in [1.29, 1.82) is 0 Å². The van der Waals surface area contributed by atoms with Crippen molar-refractivity contribution in [2.24, 2.45) is 5.73 Å². The molecule has 0 radical (unpaired) electrons. The van der Waals surface area contributed by atoms with E-state index in [1.165, 1.54) is 31.0 Å². The van der Waals surface area contributed by atoms with Gasteiger partial charge in [0.1, 0.15) is 0 Å². The molecule has 0 fully saturated rings. The van der Waals surface area contributed by atoms with E-state index in [1.807, 2.05) is 6.07 Å². The number of hydrogen-bond donors (Lipinski definition) is 3. The first kappa shape index (κ1) is 19.8. The number of carbonyl (C=O) groups excluding carboxylic acids is 3. The minimum atomic E-state index is -0.669. The Kier molecular flexibility index (Phi) is 5.96. The average Bonchev–Trinajstić information content (AvgIpc) is 2.65. The highest BCUT2D eigenvalue weighted by atomic mass is 35.5. The molecule has 10 heteroatoms. The van der Waals surface area contributed by atoms with Crippen LogP contribution in [0.1, 0.15) is 10.4 Å². The third kappa shape index (κ3) is 4.49. The largest absolute Gasteiger partial charge is 0.493 e. The number of nitrogens with one attached hydrogen (secondary N) is 2. The average molecular weight is 422 g/mol. The summed E-state index contributed by atoms with van der Waals surface area (Å²) in [7, 11) is 1.38. The maximum absolute atomic E-state index is 12.6. The van der Waals surface area contributed by atoms with Gasteiger partial charge in [0.15, 0.2) is 18.1 Å². The van der Waals surface area contributed by atoms with Crippen LogP contribution >= 0.6 is 23.4 Å². The zero-order valence-corrected chi connectivity index (χ0v) is 16.3. The Balaban J connectivity index is 1.81. The quantitative estimate of drug-likeness (QED) is 0.659. The normalized spacial score (nSPS) is 12.6. The number of benzene rings is 2. The predicted molar refractivity (Wildman–Crippen MR) is 106 cm³/mol. The third-order valence-electron chi connectivity index (χ3n) is 3.72. The van der Waals surface area contributed by atoms with Gasteiger partial charge in [0, 0.05) is 16.1 Å². The molecule has 28 heavy (non-hydrogen) atoms.